The van der Waals surface area contributed by atoms with Gasteiger partial charge in [0.1, 0.15) is 0 Å². The molecule has 0 aliphatic heterocycles. The Balaban J connectivity index is 3.91. The van der Waals surface area contributed by atoms with Crippen molar-refractivity contribution >= 4 is 17.6 Å². The molecule has 0 aliphatic carbocycles. The maximum Gasteiger partial charge on any atom is 0.463 e. The summed E-state index contributed by atoms with van der Waals surface area (Å²) in [5.41, 5.74) is 0.478. The molecule has 0 aromatic heterocycles. The van der Waals surface area contributed by atoms with Crippen molar-refractivity contribution < 1.29 is 13.7 Å². The summed E-state index contributed by atoms with van der Waals surface area (Å²) >= 11 is 0.424. The highest BCUT2D eigenvalue weighted by atomic mass is 32.1. The van der Waals surface area contributed by atoms with Gasteiger partial charge in [0, 0.05) is 9.78 Å². The fraction of sp³-hybridized carbons (Fsp3) is 0.500. The molecule has 0 amide bonds. The second-order valence-electron chi connectivity index (χ2n) is 1.66. The van der Waals surface area contributed by atoms with Crippen LogP contribution in [-0.2, 0) is 25.4 Å². The minimum atomic E-state index is -0.381. The molecule has 0 unspecified atom stereocenters. The Bertz CT molecular complexity index is 162. The lowest BCUT2D eigenvalue weighted by Crippen LogP contribution is -2.01. The summed E-state index contributed by atoms with van der Waals surface area (Å²) in [6.07, 6.45) is 1.55. The summed E-state index contributed by atoms with van der Waals surface area (Å²) in [5, 5.41) is 0. The van der Waals surface area contributed by atoms with Gasteiger partial charge in [0.05, 0.1) is 7.11 Å². The Morgan fingerprint density at radius 2 is 2.30 bits per heavy atom. The van der Waals surface area contributed by atoms with Crippen molar-refractivity contribution in [2.24, 2.45) is 0 Å². The van der Waals surface area contributed by atoms with Gasteiger partial charge in [0.15, 0.2) is 0 Å². The van der Waals surface area contributed by atoms with Crippen LogP contribution >= 0.6 is 0 Å². The number of methoxy groups -OCH3 is 1. The SMILES string of the molecule is COC(=O)C(C)=CC[S+]=O. The Morgan fingerprint density at radius 1 is 1.70 bits per heavy atom. The molecule has 0 radical (unpaired) electrons. The van der Waals surface area contributed by atoms with Crippen LogP contribution in [0.15, 0.2) is 11.6 Å². The van der Waals surface area contributed by atoms with E-state index in [2.05, 4.69) is 4.74 Å². The number of hydrogen-bond acceptors (Lipinski definition) is 3. The molecule has 0 aromatic rings. The van der Waals surface area contributed by atoms with Crippen LogP contribution in [0.3, 0.4) is 0 Å². The monoisotopic (exact) mass is 161 g/mol. The lowest BCUT2D eigenvalue weighted by molar-refractivity contribution is -0.136. The number of rotatable bonds is 3. The minimum Gasteiger partial charge on any atom is -0.466 e. The molecule has 0 bridgehead atoms. The van der Waals surface area contributed by atoms with Crippen LogP contribution in [0.25, 0.3) is 0 Å². The Kier molecular flexibility index (Phi) is 4.66. The van der Waals surface area contributed by atoms with Crippen molar-refractivity contribution in [1.82, 2.24) is 0 Å². The van der Waals surface area contributed by atoms with Crippen LogP contribution in [0.5, 0.6) is 0 Å². The average molecular weight is 161 g/mol. The van der Waals surface area contributed by atoms with Crippen molar-refractivity contribution in [1.29, 1.82) is 0 Å². The molecule has 0 spiro atoms. The lowest BCUT2D eigenvalue weighted by atomic mass is 10.3. The second-order valence-corrected chi connectivity index (χ2v) is 2.23. The van der Waals surface area contributed by atoms with E-state index >= 15 is 0 Å². The molecule has 10 heavy (non-hydrogen) atoms. The first-order chi connectivity index (χ1) is 4.72. The van der Waals surface area contributed by atoms with Gasteiger partial charge in [-0.05, 0) is 13.0 Å². The van der Waals surface area contributed by atoms with Crippen LogP contribution in [0.2, 0.25) is 0 Å². The van der Waals surface area contributed by atoms with Gasteiger partial charge in [-0.25, -0.2) is 4.79 Å². The van der Waals surface area contributed by atoms with Gasteiger partial charge in [-0.15, -0.1) is 0 Å². The van der Waals surface area contributed by atoms with E-state index < -0.39 is 0 Å². The topological polar surface area (TPSA) is 43.4 Å². The number of ether oxygens (including phenoxy) is 1. The Hall–Kier alpha value is -0.770. The first kappa shape index (κ1) is 9.23. The summed E-state index contributed by atoms with van der Waals surface area (Å²) in [5.74, 6) is -0.0740. The zero-order valence-corrected chi connectivity index (χ0v) is 6.73. The molecule has 0 heterocycles. The zero-order chi connectivity index (χ0) is 7.98. The van der Waals surface area contributed by atoms with E-state index in [4.69, 9.17) is 0 Å². The number of carbonyl (C=O) groups is 1. The molecule has 0 N–H and O–H groups in total. The predicted molar refractivity (Wildman–Crippen MR) is 38.7 cm³/mol. The van der Waals surface area contributed by atoms with Crippen LogP contribution in [0, 0.1) is 0 Å². The second kappa shape index (κ2) is 5.05. The molecular formula is C6H9O3S+. The van der Waals surface area contributed by atoms with Gasteiger partial charge in [0.25, 0.3) is 0 Å². The minimum absolute atomic E-state index is 0.306. The summed E-state index contributed by atoms with van der Waals surface area (Å²) < 4.78 is 14.3. The number of hydrogen-bond donors (Lipinski definition) is 0. The van der Waals surface area contributed by atoms with Crippen molar-refractivity contribution in [3.8, 4) is 0 Å². The molecule has 0 fully saturated rings. The van der Waals surface area contributed by atoms with Crippen molar-refractivity contribution in [3.05, 3.63) is 11.6 Å². The van der Waals surface area contributed by atoms with Crippen molar-refractivity contribution in [2.45, 2.75) is 6.92 Å². The van der Waals surface area contributed by atoms with E-state index in [-0.39, 0.29) is 5.97 Å². The average Bonchev–Trinajstić information content (AvgIpc) is 1.98. The molecule has 3 nitrogen and oxygen atoms in total. The zero-order valence-electron chi connectivity index (χ0n) is 5.92. The molecule has 0 saturated carbocycles. The molecule has 0 aliphatic rings. The smallest absolute Gasteiger partial charge is 0.463 e. The highest BCUT2D eigenvalue weighted by molar-refractivity contribution is 7.65. The molecule has 0 rings (SSSR count). The van der Waals surface area contributed by atoms with Crippen LogP contribution in [0.4, 0.5) is 0 Å². The summed E-state index contributed by atoms with van der Waals surface area (Å²) in [6, 6.07) is 0. The largest absolute Gasteiger partial charge is 0.466 e. The predicted octanol–water partition coefficient (Wildman–Crippen LogP) is 0.534. The molecule has 0 aromatic carbocycles. The van der Waals surface area contributed by atoms with Gasteiger partial charge >= 0.3 is 17.6 Å². The van der Waals surface area contributed by atoms with E-state index in [0.29, 0.717) is 23.0 Å². The van der Waals surface area contributed by atoms with E-state index in [9.17, 15) is 9.00 Å². The third-order valence-electron chi connectivity index (χ3n) is 0.965. The van der Waals surface area contributed by atoms with Crippen LogP contribution in [-0.4, -0.2) is 18.8 Å². The standard InChI is InChI=1S/C6H9O3S/c1-5(3-4-10-8)6(7)9-2/h3H,4H2,1-2H3/q+1. The van der Waals surface area contributed by atoms with Crippen molar-refractivity contribution in [3.63, 3.8) is 0 Å². The third-order valence-corrected chi connectivity index (χ3v) is 1.27. The lowest BCUT2D eigenvalue weighted by Gasteiger charge is -1.93. The molecule has 0 saturated heterocycles. The molecule has 56 valence electrons. The van der Waals surface area contributed by atoms with E-state index in [0.717, 1.165) is 0 Å². The van der Waals surface area contributed by atoms with Gasteiger partial charge in [-0.1, -0.05) is 0 Å². The quantitative estimate of drug-likeness (QED) is 0.344. The van der Waals surface area contributed by atoms with Gasteiger partial charge < -0.3 is 4.74 Å². The third kappa shape index (κ3) is 3.29. The fourth-order valence-electron chi connectivity index (χ4n) is 0.403. The van der Waals surface area contributed by atoms with Gasteiger partial charge in [-0.3, -0.25) is 0 Å². The van der Waals surface area contributed by atoms with E-state index in [1.54, 1.807) is 13.0 Å². The summed E-state index contributed by atoms with van der Waals surface area (Å²) in [7, 11) is 1.31. The molecular weight excluding hydrogens is 152 g/mol. The highest BCUT2D eigenvalue weighted by Crippen LogP contribution is 1.93. The Labute approximate surface area is 63.6 Å². The highest BCUT2D eigenvalue weighted by Gasteiger charge is 2.03. The first-order valence-electron chi connectivity index (χ1n) is 2.72. The van der Waals surface area contributed by atoms with E-state index in [1.165, 1.54) is 7.11 Å². The van der Waals surface area contributed by atoms with Crippen LogP contribution in [0.1, 0.15) is 6.92 Å². The summed E-state index contributed by atoms with van der Waals surface area (Å²) in [6.45, 7) is 1.61. The molecule has 0 atom stereocenters. The Morgan fingerprint density at radius 3 is 2.70 bits per heavy atom. The van der Waals surface area contributed by atoms with Gasteiger partial charge in [0.2, 0.25) is 5.75 Å². The number of esters is 1. The maximum absolute atomic E-state index is 10.6. The summed E-state index contributed by atoms with van der Waals surface area (Å²) in [4.78, 5) is 10.6. The van der Waals surface area contributed by atoms with Crippen LogP contribution < -0.4 is 0 Å². The molecule has 4 heteroatoms. The fourth-order valence-corrected chi connectivity index (χ4v) is 0.721. The normalized spacial score (nSPS) is 10.8. The maximum atomic E-state index is 10.6. The van der Waals surface area contributed by atoms with E-state index in [1.807, 2.05) is 0 Å². The van der Waals surface area contributed by atoms with Gasteiger partial charge in [-0.2, -0.15) is 0 Å². The first-order valence-corrected chi connectivity index (χ1v) is 3.63. The van der Waals surface area contributed by atoms with Crippen molar-refractivity contribution in [2.75, 3.05) is 12.9 Å². The number of carbonyl (C=O) groups excluding carboxylic acids is 1.